The van der Waals surface area contributed by atoms with Gasteiger partial charge in [0.25, 0.3) is 0 Å². The highest BCUT2D eigenvalue weighted by atomic mass is 16.6. The van der Waals surface area contributed by atoms with Crippen molar-refractivity contribution in [3.8, 4) is 22.8 Å². The summed E-state index contributed by atoms with van der Waals surface area (Å²) in [5, 5.41) is 12.5. The van der Waals surface area contributed by atoms with Gasteiger partial charge in [-0.1, -0.05) is 5.16 Å². The predicted molar refractivity (Wildman–Crippen MR) is 69.0 cm³/mol. The van der Waals surface area contributed by atoms with Gasteiger partial charge in [0.2, 0.25) is 0 Å². The number of aliphatic carboxylic acids is 1. The van der Waals surface area contributed by atoms with E-state index in [9.17, 15) is 4.79 Å². The number of rotatable bonds is 3. The topological polar surface area (TPSA) is 81.8 Å². The SMILES string of the molecule is Cc1cc2c(cc1-c1cc(CC(=O)O)no1)OCCO2. The Hall–Kier alpha value is -2.50. The molecule has 0 aliphatic carbocycles. The lowest BCUT2D eigenvalue weighted by molar-refractivity contribution is -0.136. The molecule has 0 saturated heterocycles. The average molecular weight is 275 g/mol. The molecular weight excluding hydrogens is 262 g/mol. The number of aryl methyl sites for hydroxylation is 1. The van der Waals surface area contributed by atoms with Crippen LogP contribution in [0.15, 0.2) is 22.7 Å². The van der Waals surface area contributed by atoms with Crippen molar-refractivity contribution in [2.24, 2.45) is 0 Å². The van der Waals surface area contributed by atoms with E-state index in [4.69, 9.17) is 19.1 Å². The summed E-state index contributed by atoms with van der Waals surface area (Å²) in [4.78, 5) is 10.7. The summed E-state index contributed by atoms with van der Waals surface area (Å²) in [6.07, 6.45) is -0.160. The molecule has 1 aliphatic rings. The fourth-order valence-electron chi connectivity index (χ4n) is 2.13. The molecule has 20 heavy (non-hydrogen) atoms. The second-order valence-electron chi connectivity index (χ2n) is 4.56. The van der Waals surface area contributed by atoms with Crippen LogP contribution >= 0.6 is 0 Å². The van der Waals surface area contributed by atoms with Gasteiger partial charge in [-0.2, -0.15) is 0 Å². The monoisotopic (exact) mass is 275 g/mol. The van der Waals surface area contributed by atoms with Gasteiger partial charge >= 0.3 is 5.97 Å². The van der Waals surface area contributed by atoms with Crippen LogP contribution in [0.1, 0.15) is 11.3 Å². The van der Waals surface area contributed by atoms with E-state index >= 15 is 0 Å². The summed E-state index contributed by atoms with van der Waals surface area (Å²) in [5.74, 6) is 0.954. The van der Waals surface area contributed by atoms with Gasteiger partial charge in [0.1, 0.15) is 13.2 Å². The molecular formula is C14H13NO5. The third-order valence-corrected chi connectivity index (χ3v) is 3.05. The number of carboxylic acid groups (broad SMARTS) is 1. The van der Waals surface area contributed by atoms with Crippen molar-refractivity contribution in [2.45, 2.75) is 13.3 Å². The number of hydrogen-bond donors (Lipinski definition) is 1. The van der Waals surface area contributed by atoms with Crippen molar-refractivity contribution in [3.63, 3.8) is 0 Å². The van der Waals surface area contributed by atoms with E-state index in [0.29, 0.717) is 36.2 Å². The highest BCUT2D eigenvalue weighted by Gasteiger charge is 2.18. The van der Waals surface area contributed by atoms with Crippen LogP contribution in [0, 0.1) is 6.92 Å². The number of fused-ring (bicyclic) bond motifs is 1. The number of benzene rings is 1. The van der Waals surface area contributed by atoms with Crippen LogP contribution in [0.3, 0.4) is 0 Å². The maximum absolute atomic E-state index is 10.7. The molecule has 0 unspecified atom stereocenters. The molecule has 3 rings (SSSR count). The fraction of sp³-hybridized carbons (Fsp3) is 0.286. The smallest absolute Gasteiger partial charge is 0.309 e. The van der Waals surface area contributed by atoms with Crippen LogP contribution < -0.4 is 9.47 Å². The first kappa shape index (κ1) is 12.5. The quantitative estimate of drug-likeness (QED) is 0.923. The number of hydrogen-bond acceptors (Lipinski definition) is 5. The zero-order valence-electron chi connectivity index (χ0n) is 10.9. The van der Waals surface area contributed by atoms with Gasteiger partial charge in [0.15, 0.2) is 17.3 Å². The van der Waals surface area contributed by atoms with Gasteiger partial charge < -0.3 is 19.1 Å². The molecule has 0 fully saturated rings. The van der Waals surface area contributed by atoms with E-state index in [1.54, 1.807) is 6.07 Å². The Morgan fingerprint density at radius 2 is 1.95 bits per heavy atom. The molecule has 104 valence electrons. The number of nitrogens with zero attached hydrogens (tertiary/aromatic N) is 1. The minimum absolute atomic E-state index is 0.160. The highest BCUT2D eigenvalue weighted by Crippen LogP contribution is 2.37. The number of aromatic nitrogens is 1. The maximum atomic E-state index is 10.7. The van der Waals surface area contributed by atoms with Crippen LogP contribution in [-0.4, -0.2) is 29.4 Å². The lowest BCUT2D eigenvalue weighted by atomic mass is 10.0. The summed E-state index contributed by atoms with van der Waals surface area (Å²) in [5.41, 5.74) is 2.16. The molecule has 1 N–H and O–H groups in total. The molecule has 0 spiro atoms. The Balaban J connectivity index is 1.97. The van der Waals surface area contributed by atoms with Crippen molar-refractivity contribution in [2.75, 3.05) is 13.2 Å². The second-order valence-corrected chi connectivity index (χ2v) is 4.56. The van der Waals surface area contributed by atoms with Crippen molar-refractivity contribution in [3.05, 3.63) is 29.5 Å². The Kier molecular flexibility index (Phi) is 3.06. The predicted octanol–water partition coefficient (Wildman–Crippen LogP) is 2.05. The minimum Gasteiger partial charge on any atom is -0.486 e. The van der Waals surface area contributed by atoms with Gasteiger partial charge in [-0.15, -0.1) is 0 Å². The first-order valence-corrected chi connectivity index (χ1v) is 6.21. The largest absolute Gasteiger partial charge is 0.486 e. The Morgan fingerprint density at radius 3 is 2.65 bits per heavy atom. The number of carboxylic acids is 1. The molecule has 2 heterocycles. The molecule has 0 radical (unpaired) electrons. The molecule has 2 aromatic rings. The van der Waals surface area contributed by atoms with Gasteiger partial charge in [-0.25, -0.2) is 0 Å². The van der Waals surface area contributed by atoms with E-state index in [2.05, 4.69) is 5.16 Å². The van der Waals surface area contributed by atoms with E-state index < -0.39 is 5.97 Å². The summed E-state index contributed by atoms with van der Waals surface area (Å²) < 4.78 is 16.2. The minimum atomic E-state index is -0.941. The van der Waals surface area contributed by atoms with E-state index in [-0.39, 0.29) is 6.42 Å². The van der Waals surface area contributed by atoms with Crippen LogP contribution in [0.4, 0.5) is 0 Å². The maximum Gasteiger partial charge on any atom is 0.309 e. The summed E-state index contributed by atoms with van der Waals surface area (Å²) in [6, 6.07) is 5.34. The van der Waals surface area contributed by atoms with E-state index in [1.165, 1.54) is 0 Å². The van der Waals surface area contributed by atoms with Crippen LogP contribution in [0.25, 0.3) is 11.3 Å². The molecule has 0 saturated carbocycles. The Labute approximate surface area is 114 Å². The van der Waals surface area contributed by atoms with Gasteiger partial charge in [-0.3, -0.25) is 4.79 Å². The number of ether oxygens (including phenoxy) is 2. The molecule has 0 bridgehead atoms. The molecule has 0 amide bonds. The van der Waals surface area contributed by atoms with Crippen molar-refractivity contribution < 1.29 is 23.9 Å². The van der Waals surface area contributed by atoms with Gasteiger partial charge in [0.05, 0.1) is 12.1 Å². The van der Waals surface area contributed by atoms with Crippen molar-refractivity contribution in [1.29, 1.82) is 0 Å². The van der Waals surface area contributed by atoms with Gasteiger partial charge in [-0.05, 0) is 24.6 Å². The zero-order valence-corrected chi connectivity index (χ0v) is 10.9. The third kappa shape index (κ3) is 2.32. The highest BCUT2D eigenvalue weighted by molar-refractivity contribution is 5.71. The zero-order chi connectivity index (χ0) is 14.1. The first-order chi connectivity index (χ1) is 9.63. The second kappa shape index (κ2) is 4.88. The first-order valence-electron chi connectivity index (χ1n) is 6.21. The van der Waals surface area contributed by atoms with Crippen molar-refractivity contribution >= 4 is 5.97 Å². The van der Waals surface area contributed by atoms with Crippen LogP contribution in [-0.2, 0) is 11.2 Å². The lowest BCUT2D eigenvalue weighted by Crippen LogP contribution is -2.15. The molecule has 1 aliphatic heterocycles. The number of carbonyl (C=O) groups is 1. The normalized spacial score (nSPS) is 13.2. The molecule has 1 aromatic heterocycles. The van der Waals surface area contributed by atoms with E-state index in [0.717, 1.165) is 11.1 Å². The van der Waals surface area contributed by atoms with Crippen molar-refractivity contribution in [1.82, 2.24) is 5.16 Å². The molecule has 6 heteroatoms. The van der Waals surface area contributed by atoms with Gasteiger partial charge in [0, 0.05) is 11.6 Å². The molecule has 1 aromatic carbocycles. The average Bonchev–Trinajstić information content (AvgIpc) is 2.85. The summed E-state index contributed by atoms with van der Waals surface area (Å²) in [7, 11) is 0. The van der Waals surface area contributed by atoms with Crippen LogP contribution in [0.2, 0.25) is 0 Å². The Morgan fingerprint density at radius 1 is 1.25 bits per heavy atom. The standard InChI is InChI=1S/C14H13NO5/c1-8-4-12-13(19-3-2-18-12)7-10(8)11-5-9(15-20-11)6-14(16)17/h4-5,7H,2-3,6H2,1H3,(H,16,17). The van der Waals surface area contributed by atoms with Crippen LogP contribution in [0.5, 0.6) is 11.5 Å². The molecule has 0 atom stereocenters. The summed E-state index contributed by atoms with van der Waals surface area (Å²) in [6.45, 7) is 2.97. The molecule has 6 nitrogen and oxygen atoms in total. The summed E-state index contributed by atoms with van der Waals surface area (Å²) >= 11 is 0. The lowest BCUT2D eigenvalue weighted by Gasteiger charge is -2.19. The van der Waals surface area contributed by atoms with E-state index in [1.807, 2.05) is 19.1 Å². The third-order valence-electron chi connectivity index (χ3n) is 3.05. The fourth-order valence-corrected chi connectivity index (χ4v) is 2.13. The Bertz CT molecular complexity index is 662.